The van der Waals surface area contributed by atoms with E-state index in [1.54, 1.807) is 47.8 Å². The zero-order valence-corrected chi connectivity index (χ0v) is 27.5. The Morgan fingerprint density at radius 3 is 2.66 bits per heavy atom. The van der Waals surface area contributed by atoms with Gasteiger partial charge in [-0.05, 0) is 87.5 Å². The number of hydrogen-bond donors (Lipinski definition) is 2. The van der Waals surface area contributed by atoms with E-state index in [1.165, 1.54) is 12.1 Å². The molecule has 4 atom stereocenters. The summed E-state index contributed by atoms with van der Waals surface area (Å²) in [6.45, 7) is 7.90. The number of fused-ring (bicyclic) bond motifs is 1. The number of ether oxygens (including phenoxy) is 2. The van der Waals surface area contributed by atoms with Crippen molar-refractivity contribution in [2.75, 3.05) is 38.1 Å². The van der Waals surface area contributed by atoms with Crippen LogP contribution in [0.4, 0.5) is 5.69 Å². The lowest BCUT2D eigenvalue weighted by Gasteiger charge is -2.36. The van der Waals surface area contributed by atoms with Crippen LogP contribution in [0.25, 0.3) is 0 Å². The minimum Gasteiger partial charge on any atom is -0.490 e. The van der Waals surface area contributed by atoms with Crippen LogP contribution in [0.1, 0.15) is 56.0 Å². The van der Waals surface area contributed by atoms with Crippen LogP contribution in [0, 0.1) is 5.92 Å². The molecular weight excluding hydrogens is 601 g/mol. The predicted molar refractivity (Wildman–Crippen MR) is 173 cm³/mol. The Morgan fingerprint density at radius 1 is 1.18 bits per heavy atom. The summed E-state index contributed by atoms with van der Waals surface area (Å²) in [6, 6.07) is 11.5. The summed E-state index contributed by atoms with van der Waals surface area (Å²) in [7, 11) is -1.77. The van der Waals surface area contributed by atoms with Crippen molar-refractivity contribution >= 4 is 33.0 Å². The average molecular weight is 645 g/mol. The summed E-state index contributed by atoms with van der Waals surface area (Å²) in [5.41, 5.74) is 1.64. The van der Waals surface area contributed by atoms with Crippen LogP contribution in [0.5, 0.6) is 5.75 Å². The van der Waals surface area contributed by atoms with Crippen LogP contribution in [-0.2, 0) is 21.3 Å². The maximum absolute atomic E-state index is 14.3. The number of carbonyl (C=O) groups excluding carboxylic acids is 1. The van der Waals surface area contributed by atoms with E-state index in [9.17, 15) is 18.3 Å². The molecule has 1 amide bonds. The first-order chi connectivity index (χ1) is 21.1. The molecule has 240 valence electrons. The molecule has 2 aromatic heterocycles. The summed E-state index contributed by atoms with van der Waals surface area (Å²) >= 11 is 1.11. The highest BCUT2D eigenvalue weighted by atomic mass is 32.2. The van der Waals surface area contributed by atoms with E-state index in [4.69, 9.17) is 9.47 Å². The van der Waals surface area contributed by atoms with Gasteiger partial charge in [-0.15, -0.1) is 11.3 Å². The molecule has 0 bridgehead atoms. The Kier molecular flexibility index (Phi) is 12.2. The Hall–Kier alpha value is -3.03. The van der Waals surface area contributed by atoms with Crippen LogP contribution in [0.3, 0.4) is 0 Å². The van der Waals surface area contributed by atoms with E-state index in [0.717, 1.165) is 42.7 Å². The Bertz CT molecular complexity index is 1440. The fraction of sp³-hybridized carbons (Fsp3) is 0.500. The van der Waals surface area contributed by atoms with E-state index in [1.807, 2.05) is 19.1 Å². The van der Waals surface area contributed by atoms with Gasteiger partial charge in [0.1, 0.15) is 9.96 Å². The number of amides is 1. The second-order valence-electron chi connectivity index (χ2n) is 11.6. The molecule has 0 radical (unpaired) electrons. The molecule has 44 heavy (non-hydrogen) atoms. The van der Waals surface area contributed by atoms with Crippen molar-refractivity contribution in [3.63, 3.8) is 0 Å². The monoisotopic (exact) mass is 644 g/mol. The van der Waals surface area contributed by atoms with Crippen LogP contribution < -0.4 is 9.46 Å². The van der Waals surface area contributed by atoms with Crippen molar-refractivity contribution in [2.24, 2.45) is 5.92 Å². The van der Waals surface area contributed by atoms with Crippen molar-refractivity contribution in [1.82, 2.24) is 14.8 Å². The third-order valence-corrected chi connectivity index (χ3v) is 10.5. The molecule has 2 N–H and O–H groups in total. The number of nitrogens with zero attached hydrogens (tertiary/aromatic N) is 3. The summed E-state index contributed by atoms with van der Waals surface area (Å²) in [6.07, 6.45) is 5.76. The second kappa shape index (κ2) is 15.8. The first kappa shape index (κ1) is 33.9. The molecular formula is C32H44N4O6S2. The van der Waals surface area contributed by atoms with Crippen molar-refractivity contribution in [3.8, 4) is 5.75 Å². The largest absolute Gasteiger partial charge is 0.490 e. The van der Waals surface area contributed by atoms with Gasteiger partial charge in [0.05, 0.1) is 30.4 Å². The van der Waals surface area contributed by atoms with Gasteiger partial charge in [0.25, 0.3) is 15.9 Å². The number of benzene rings is 1. The minimum atomic E-state index is -3.82. The molecule has 0 saturated heterocycles. The molecule has 12 heteroatoms. The Morgan fingerprint density at radius 2 is 1.95 bits per heavy atom. The molecule has 10 nitrogen and oxygen atoms in total. The number of thiophene rings is 1. The molecule has 0 unspecified atom stereocenters. The Labute approximate surface area is 265 Å². The molecule has 3 aromatic rings. The van der Waals surface area contributed by atoms with Gasteiger partial charge >= 0.3 is 0 Å². The van der Waals surface area contributed by atoms with Crippen LogP contribution in [0.2, 0.25) is 0 Å². The van der Waals surface area contributed by atoms with Crippen LogP contribution in [-0.4, -0.2) is 85.8 Å². The molecule has 1 aliphatic heterocycles. The standard InChI is InChI=1S/C32H44N4O6S2/c1-23-19-36(24(2)22-37)32(38)28-18-27(34-44(39,40)31-9-7-17-43-31)10-11-29(28)42-25(3)8-5-6-16-41-30(23)21-35(4)20-26-12-14-33-15-13-26/h7,9-15,17-18,23-25,30,34,37H,5-6,8,16,19-22H2,1-4H3/t23-,24+,25-,30-/m0/s1. The molecule has 1 aliphatic rings. The molecule has 0 saturated carbocycles. The lowest BCUT2D eigenvalue weighted by Crippen LogP contribution is -2.47. The number of rotatable bonds is 9. The molecule has 4 rings (SSSR count). The number of anilines is 1. The highest BCUT2D eigenvalue weighted by Crippen LogP contribution is 2.30. The van der Waals surface area contributed by atoms with Gasteiger partial charge in [0, 0.05) is 50.2 Å². The molecule has 0 fully saturated rings. The van der Waals surface area contributed by atoms with Gasteiger partial charge in [-0.3, -0.25) is 19.4 Å². The van der Waals surface area contributed by atoms with Gasteiger partial charge < -0.3 is 19.5 Å². The number of aromatic nitrogens is 1. The van der Waals surface area contributed by atoms with Gasteiger partial charge in [-0.25, -0.2) is 8.42 Å². The van der Waals surface area contributed by atoms with E-state index in [0.29, 0.717) is 25.4 Å². The first-order valence-corrected chi connectivity index (χ1v) is 17.4. The van der Waals surface area contributed by atoms with Crippen LogP contribution >= 0.6 is 11.3 Å². The smallest absolute Gasteiger partial charge is 0.271 e. The number of carbonyl (C=O) groups is 1. The molecule has 3 heterocycles. The first-order valence-electron chi connectivity index (χ1n) is 15.0. The SMILES string of the molecule is C[C@H](CO)N1C[C@H](C)[C@H](CN(C)Cc2ccncc2)OCCCC[C@H](C)Oc2ccc(NS(=O)(=O)c3cccs3)cc2C1=O. The number of hydrogen-bond acceptors (Lipinski definition) is 9. The quantitative estimate of drug-likeness (QED) is 0.339. The fourth-order valence-electron chi connectivity index (χ4n) is 5.24. The fourth-order valence-corrected chi connectivity index (χ4v) is 7.28. The van der Waals surface area contributed by atoms with Gasteiger partial charge in [-0.1, -0.05) is 13.0 Å². The van der Waals surface area contributed by atoms with E-state index < -0.39 is 16.1 Å². The highest BCUT2D eigenvalue weighted by Gasteiger charge is 2.30. The lowest BCUT2D eigenvalue weighted by molar-refractivity contribution is -0.0177. The third kappa shape index (κ3) is 9.24. The topological polar surface area (TPSA) is 121 Å². The van der Waals surface area contributed by atoms with E-state index >= 15 is 0 Å². The number of nitrogens with one attached hydrogen (secondary N) is 1. The summed E-state index contributed by atoms with van der Waals surface area (Å²) < 4.78 is 41.4. The van der Waals surface area contributed by atoms with Gasteiger partial charge in [0.15, 0.2) is 0 Å². The highest BCUT2D eigenvalue weighted by molar-refractivity contribution is 7.94. The maximum atomic E-state index is 14.3. The number of sulfonamides is 1. The maximum Gasteiger partial charge on any atom is 0.271 e. The van der Waals surface area contributed by atoms with E-state index in [-0.39, 0.29) is 46.1 Å². The zero-order chi connectivity index (χ0) is 31.7. The van der Waals surface area contributed by atoms with Crippen LogP contribution in [0.15, 0.2) is 64.4 Å². The number of aliphatic hydroxyl groups is 1. The predicted octanol–water partition coefficient (Wildman–Crippen LogP) is 4.87. The van der Waals surface area contributed by atoms with Gasteiger partial charge in [0.2, 0.25) is 0 Å². The minimum absolute atomic E-state index is 0.0698. The third-order valence-electron chi connectivity index (χ3n) is 7.76. The number of aliphatic hydroxyl groups excluding tert-OH is 1. The lowest BCUT2D eigenvalue weighted by atomic mass is 10.0. The van der Waals surface area contributed by atoms with Gasteiger partial charge in [-0.2, -0.15) is 0 Å². The molecule has 1 aromatic carbocycles. The molecule has 0 aliphatic carbocycles. The summed E-state index contributed by atoms with van der Waals surface area (Å²) in [5.74, 6) is -0.0374. The van der Waals surface area contributed by atoms with Crippen molar-refractivity contribution in [3.05, 3.63) is 71.4 Å². The second-order valence-corrected chi connectivity index (χ2v) is 14.5. The number of likely N-dealkylation sites (N-methyl/N-ethyl adjacent to an activating group) is 1. The number of pyridine rings is 1. The van der Waals surface area contributed by atoms with Crippen molar-refractivity contribution in [1.29, 1.82) is 0 Å². The van der Waals surface area contributed by atoms with E-state index in [2.05, 4.69) is 28.6 Å². The Balaban J connectivity index is 1.63. The average Bonchev–Trinajstić information content (AvgIpc) is 3.55. The van der Waals surface area contributed by atoms with Crippen molar-refractivity contribution in [2.45, 2.75) is 69.0 Å². The normalized spacial score (nSPS) is 21.3. The molecule has 0 spiro atoms. The zero-order valence-electron chi connectivity index (χ0n) is 25.9. The summed E-state index contributed by atoms with van der Waals surface area (Å²) in [5, 5.41) is 11.9. The summed E-state index contributed by atoms with van der Waals surface area (Å²) in [4.78, 5) is 22.2. The van der Waals surface area contributed by atoms with Crippen molar-refractivity contribution < 1.29 is 27.8 Å².